The second-order valence-corrected chi connectivity index (χ2v) is 8.44. The summed E-state index contributed by atoms with van der Waals surface area (Å²) in [4.78, 5) is 24.4. The van der Waals surface area contributed by atoms with Gasteiger partial charge in [-0.1, -0.05) is 0 Å². The van der Waals surface area contributed by atoms with Gasteiger partial charge in [-0.3, -0.25) is 9.59 Å². The third-order valence-electron chi connectivity index (χ3n) is 5.06. The molecular weight excluding hydrogens is 470 g/mol. The van der Waals surface area contributed by atoms with Crippen molar-refractivity contribution in [3.63, 3.8) is 0 Å². The summed E-state index contributed by atoms with van der Waals surface area (Å²) in [5.74, 6) is -1.59. The number of azo groups is 1. The maximum Gasteiger partial charge on any atom is 0.306 e. The Morgan fingerprint density at radius 3 is 2.51 bits per heavy atom. The van der Waals surface area contributed by atoms with E-state index in [4.69, 9.17) is 14.6 Å². The second-order valence-electron chi connectivity index (χ2n) is 7.44. The number of anilines is 1. The van der Waals surface area contributed by atoms with Gasteiger partial charge < -0.3 is 19.5 Å². The van der Waals surface area contributed by atoms with Gasteiger partial charge in [0, 0.05) is 18.8 Å². The van der Waals surface area contributed by atoms with Gasteiger partial charge in [0.05, 0.1) is 37.3 Å². The zero-order valence-electron chi connectivity index (χ0n) is 19.9. The van der Waals surface area contributed by atoms with E-state index in [-0.39, 0.29) is 26.1 Å². The van der Waals surface area contributed by atoms with Crippen molar-refractivity contribution in [2.75, 3.05) is 37.8 Å². The lowest BCUT2D eigenvalue weighted by molar-refractivity contribution is -0.148. The Hall–Kier alpha value is -3.80. The van der Waals surface area contributed by atoms with Crippen LogP contribution in [0.3, 0.4) is 0 Å². The second kappa shape index (κ2) is 13.8. The fourth-order valence-electron chi connectivity index (χ4n) is 3.10. The maximum atomic E-state index is 11.4. The van der Waals surface area contributed by atoms with Gasteiger partial charge >= 0.3 is 11.9 Å². The molecule has 0 amide bonds. The van der Waals surface area contributed by atoms with Crippen LogP contribution >= 0.6 is 11.3 Å². The van der Waals surface area contributed by atoms with Crippen molar-refractivity contribution in [1.82, 2.24) is 0 Å². The van der Waals surface area contributed by atoms with Crippen LogP contribution in [-0.4, -0.2) is 50.0 Å². The average Bonchev–Trinajstić information content (AvgIpc) is 3.15. The van der Waals surface area contributed by atoms with E-state index in [1.807, 2.05) is 32.0 Å². The Morgan fingerprint density at radius 2 is 1.89 bits per heavy atom. The molecule has 2 aromatic rings. The minimum atomic E-state index is -1.04. The van der Waals surface area contributed by atoms with Crippen molar-refractivity contribution in [2.24, 2.45) is 10.2 Å². The molecule has 1 N–H and O–H groups in total. The highest BCUT2D eigenvalue weighted by Crippen LogP contribution is 2.36. The van der Waals surface area contributed by atoms with Crippen molar-refractivity contribution in [3.05, 3.63) is 39.8 Å². The Labute approximate surface area is 208 Å². The molecule has 0 saturated heterocycles. The van der Waals surface area contributed by atoms with Crippen molar-refractivity contribution in [1.29, 1.82) is 10.5 Å². The number of nitrogens with zero attached hydrogens (tertiary/aromatic N) is 5. The molecular formula is C24H27N5O5S. The molecule has 35 heavy (non-hydrogen) atoms. The number of benzene rings is 1. The van der Waals surface area contributed by atoms with Gasteiger partial charge in [-0.2, -0.15) is 10.5 Å². The van der Waals surface area contributed by atoms with Crippen LogP contribution in [0.25, 0.3) is 0 Å². The number of nitriles is 2. The molecule has 1 aromatic carbocycles. The largest absolute Gasteiger partial charge is 0.481 e. The maximum absolute atomic E-state index is 11.4. The Bertz CT molecular complexity index is 1160. The van der Waals surface area contributed by atoms with Crippen LogP contribution < -0.4 is 4.90 Å². The zero-order valence-corrected chi connectivity index (χ0v) is 20.7. The number of thiophene rings is 1. The summed E-state index contributed by atoms with van der Waals surface area (Å²) in [6, 6.07) is 9.94. The van der Waals surface area contributed by atoms with Crippen LogP contribution in [-0.2, 0) is 19.1 Å². The van der Waals surface area contributed by atoms with Crippen molar-refractivity contribution in [3.8, 4) is 12.1 Å². The van der Waals surface area contributed by atoms with E-state index in [2.05, 4.69) is 27.3 Å². The van der Waals surface area contributed by atoms with E-state index < -0.39 is 11.9 Å². The number of carbonyl (C=O) groups is 2. The number of ether oxygens (including phenoxy) is 2. The minimum absolute atomic E-state index is 0.0799. The molecule has 0 aliphatic carbocycles. The predicted molar refractivity (Wildman–Crippen MR) is 130 cm³/mol. The molecule has 11 heteroatoms. The molecule has 0 fully saturated rings. The molecule has 0 unspecified atom stereocenters. The molecule has 0 aliphatic rings. The van der Waals surface area contributed by atoms with Crippen LogP contribution in [0, 0.1) is 36.5 Å². The fourth-order valence-corrected chi connectivity index (χ4v) is 3.97. The Morgan fingerprint density at radius 1 is 1.11 bits per heavy atom. The molecule has 0 aliphatic heterocycles. The average molecular weight is 498 g/mol. The van der Waals surface area contributed by atoms with E-state index in [9.17, 15) is 20.1 Å². The van der Waals surface area contributed by atoms with Crippen molar-refractivity contribution in [2.45, 2.75) is 33.6 Å². The SMILES string of the molecule is CCN(CCOCCOC(=O)CCC(=O)O)c1ccc(N=Nc2sc(C#N)c(C)c2C#N)c(C)c1. The van der Waals surface area contributed by atoms with Gasteiger partial charge in [0.1, 0.15) is 23.6 Å². The first-order valence-corrected chi connectivity index (χ1v) is 11.8. The number of hydrogen-bond acceptors (Lipinski definition) is 10. The summed E-state index contributed by atoms with van der Waals surface area (Å²) >= 11 is 1.15. The highest BCUT2D eigenvalue weighted by Gasteiger charge is 2.15. The molecule has 0 radical (unpaired) electrons. The molecule has 0 spiro atoms. The van der Waals surface area contributed by atoms with Gasteiger partial charge in [0.2, 0.25) is 0 Å². The number of hydrogen-bond donors (Lipinski definition) is 1. The molecule has 1 aromatic heterocycles. The summed E-state index contributed by atoms with van der Waals surface area (Å²) in [6.45, 7) is 7.80. The molecule has 10 nitrogen and oxygen atoms in total. The van der Waals surface area contributed by atoms with Crippen LogP contribution in [0.15, 0.2) is 28.4 Å². The number of rotatable bonds is 13. The highest BCUT2D eigenvalue weighted by molar-refractivity contribution is 7.16. The number of esters is 1. The van der Waals surface area contributed by atoms with Crippen LogP contribution in [0.1, 0.15) is 41.3 Å². The van der Waals surface area contributed by atoms with E-state index in [1.165, 1.54) is 0 Å². The third kappa shape index (κ3) is 8.18. The van der Waals surface area contributed by atoms with Gasteiger partial charge in [-0.05, 0) is 50.1 Å². The lowest BCUT2D eigenvalue weighted by atomic mass is 10.1. The van der Waals surface area contributed by atoms with Gasteiger partial charge in [-0.25, -0.2) is 0 Å². The first-order valence-electron chi connectivity index (χ1n) is 11.0. The smallest absolute Gasteiger partial charge is 0.306 e. The molecule has 0 atom stereocenters. The molecule has 184 valence electrons. The topological polar surface area (TPSA) is 148 Å². The summed E-state index contributed by atoms with van der Waals surface area (Å²) in [5, 5.41) is 36.0. The minimum Gasteiger partial charge on any atom is -0.481 e. The zero-order chi connectivity index (χ0) is 25.8. The number of carboxylic acid groups (broad SMARTS) is 1. The van der Waals surface area contributed by atoms with E-state index in [1.54, 1.807) is 6.92 Å². The first-order chi connectivity index (χ1) is 16.8. The first kappa shape index (κ1) is 27.4. The number of aryl methyl sites for hydroxylation is 1. The summed E-state index contributed by atoms with van der Waals surface area (Å²) < 4.78 is 10.5. The normalized spacial score (nSPS) is 10.7. The van der Waals surface area contributed by atoms with Crippen LogP contribution in [0.2, 0.25) is 0 Å². The van der Waals surface area contributed by atoms with Crippen molar-refractivity contribution >= 4 is 39.7 Å². The van der Waals surface area contributed by atoms with Crippen LogP contribution in [0.5, 0.6) is 0 Å². The fraction of sp³-hybridized carbons (Fsp3) is 0.417. The number of likely N-dealkylation sites (N-methyl/N-ethyl adjacent to an activating group) is 1. The van der Waals surface area contributed by atoms with Crippen molar-refractivity contribution < 1.29 is 24.2 Å². The Kier molecular flexibility index (Phi) is 10.8. The van der Waals surface area contributed by atoms with Gasteiger partial charge in [0.25, 0.3) is 0 Å². The van der Waals surface area contributed by atoms with Crippen LogP contribution in [0.4, 0.5) is 16.4 Å². The highest BCUT2D eigenvalue weighted by atomic mass is 32.1. The van der Waals surface area contributed by atoms with Gasteiger partial charge in [0.15, 0.2) is 5.00 Å². The summed E-state index contributed by atoms with van der Waals surface area (Å²) in [6.07, 6.45) is -0.400. The molecule has 0 bridgehead atoms. The Balaban J connectivity index is 1.89. The lowest BCUT2D eigenvalue weighted by Crippen LogP contribution is -2.27. The summed E-state index contributed by atoms with van der Waals surface area (Å²) in [5.41, 5.74) is 3.56. The van der Waals surface area contributed by atoms with E-state index in [0.29, 0.717) is 39.8 Å². The third-order valence-corrected chi connectivity index (χ3v) is 6.14. The number of aliphatic carboxylic acids is 1. The summed E-state index contributed by atoms with van der Waals surface area (Å²) in [7, 11) is 0. The monoisotopic (exact) mass is 497 g/mol. The number of carboxylic acids is 1. The molecule has 1 heterocycles. The van der Waals surface area contributed by atoms with E-state index in [0.717, 1.165) is 29.1 Å². The number of carbonyl (C=O) groups excluding carboxylic acids is 1. The molecule has 0 saturated carbocycles. The predicted octanol–water partition coefficient (Wildman–Crippen LogP) is 4.77. The quantitative estimate of drug-likeness (QED) is 0.236. The standard InChI is InChI=1S/C24H27N5O5S/c1-4-29(9-10-33-11-12-34-23(32)8-7-22(30)31)18-5-6-20(16(2)13-18)27-28-24-19(14-25)17(3)21(15-26)35-24/h5-6,13H,4,7-12H2,1-3H3,(H,30,31). The van der Waals surface area contributed by atoms with E-state index >= 15 is 0 Å². The van der Waals surface area contributed by atoms with Gasteiger partial charge in [-0.15, -0.1) is 21.6 Å². The molecule has 2 rings (SSSR count). The lowest BCUT2D eigenvalue weighted by Gasteiger charge is -2.23.